The van der Waals surface area contributed by atoms with Crippen LogP contribution in [0.1, 0.15) is 355 Å². The van der Waals surface area contributed by atoms with E-state index >= 15 is 0 Å². The van der Waals surface area contributed by atoms with Crippen molar-refractivity contribution in [2.45, 2.75) is 361 Å². The van der Waals surface area contributed by atoms with Crippen LogP contribution in [0.15, 0.2) is 0 Å². The fourth-order valence-corrected chi connectivity index (χ4v) is 9.51. The Hall–Kier alpha value is -1.59. The van der Waals surface area contributed by atoms with Crippen LogP contribution < -0.4 is 0 Å². The van der Waals surface area contributed by atoms with Gasteiger partial charge in [-0.1, -0.05) is 316 Å². The predicted octanol–water partition coefficient (Wildman–Crippen LogP) is 20.3. The Morgan fingerprint density at radius 2 is 0.403 bits per heavy atom. The molecule has 0 aromatic carbocycles. The van der Waals surface area contributed by atoms with E-state index in [2.05, 4.69) is 20.8 Å². The average molecular weight is 948 g/mol. The molecule has 0 saturated carbocycles. The zero-order valence-electron chi connectivity index (χ0n) is 45.7. The summed E-state index contributed by atoms with van der Waals surface area (Å²) in [7, 11) is 0. The van der Waals surface area contributed by atoms with E-state index in [1.165, 1.54) is 257 Å². The molecule has 398 valence electrons. The van der Waals surface area contributed by atoms with E-state index in [-0.39, 0.29) is 31.1 Å². The van der Waals surface area contributed by atoms with E-state index < -0.39 is 6.10 Å². The van der Waals surface area contributed by atoms with Crippen LogP contribution in [0, 0.1) is 0 Å². The Balaban J connectivity index is 4.29. The molecule has 0 rings (SSSR count). The molecule has 0 aliphatic carbocycles. The third-order valence-electron chi connectivity index (χ3n) is 14.1. The fraction of sp³-hybridized carbons (Fsp3) is 0.951. The fourth-order valence-electron chi connectivity index (χ4n) is 9.51. The average Bonchev–Trinajstić information content (AvgIpc) is 3.33. The Labute approximate surface area is 418 Å². The molecule has 6 nitrogen and oxygen atoms in total. The molecule has 0 aromatic heterocycles. The van der Waals surface area contributed by atoms with Gasteiger partial charge in [0.25, 0.3) is 0 Å². The van der Waals surface area contributed by atoms with E-state index in [0.29, 0.717) is 19.3 Å². The highest BCUT2D eigenvalue weighted by molar-refractivity contribution is 5.71. The van der Waals surface area contributed by atoms with Crippen molar-refractivity contribution in [3.8, 4) is 0 Å². The first-order chi connectivity index (χ1) is 33.0. The van der Waals surface area contributed by atoms with Gasteiger partial charge in [-0.25, -0.2) is 0 Å². The minimum atomic E-state index is -0.761. The standard InChI is InChI=1S/C61H118O6/c1-4-7-10-13-16-19-22-25-28-30-33-36-39-42-45-48-51-54-60(63)66-57-58(56-65-59(62)53-50-47-44-41-38-35-32-27-24-21-18-15-12-9-6-3)67-61(64)55-52-49-46-43-40-37-34-31-29-26-23-20-17-14-11-8-5-2/h58H,4-57H2,1-3H3/t58-/m1/s1. The van der Waals surface area contributed by atoms with Crippen molar-refractivity contribution < 1.29 is 28.6 Å². The van der Waals surface area contributed by atoms with Crippen LogP contribution in [0.25, 0.3) is 0 Å². The number of hydrogen-bond acceptors (Lipinski definition) is 6. The molecular formula is C61H118O6. The van der Waals surface area contributed by atoms with Crippen LogP contribution in [0.5, 0.6) is 0 Å². The van der Waals surface area contributed by atoms with Crippen molar-refractivity contribution >= 4 is 17.9 Å². The second-order valence-electron chi connectivity index (χ2n) is 21.0. The van der Waals surface area contributed by atoms with Gasteiger partial charge in [-0.05, 0) is 19.3 Å². The molecule has 6 heteroatoms. The van der Waals surface area contributed by atoms with E-state index in [9.17, 15) is 14.4 Å². The summed E-state index contributed by atoms with van der Waals surface area (Å²) in [6, 6.07) is 0. The van der Waals surface area contributed by atoms with Gasteiger partial charge in [0.05, 0.1) is 0 Å². The summed E-state index contributed by atoms with van der Waals surface area (Å²) in [5.74, 6) is -0.827. The van der Waals surface area contributed by atoms with Gasteiger partial charge in [0.15, 0.2) is 6.10 Å². The molecule has 0 radical (unpaired) electrons. The zero-order valence-corrected chi connectivity index (χ0v) is 45.7. The maximum absolute atomic E-state index is 12.9. The van der Waals surface area contributed by atoms with Crippen molar-refractivity contribution in [2.75, 3.05) is 13.2 Å². The highest BCUT2D eigenvalue weighted by atomic mass is 16.6. The smallest absolute Gasteiger partial charge is 0.306 e. The first kappa shape index (κ1) is 65.4. The molecule has 0 aliphatic rings. The number of carbonyl (C=O) groups excluding carboxylic acids is 3. The summed E-state index contributed by atoms with van der Waals surface area (Å²) in [5, 5.41) is 0. The monoisotopic (exact) mass is 947 g/mol. The van der Waals surface area contributed by atoms with Crippen LogP contribution >= 0.6 is 0 Å². The van der Waals surface area contributed by atoms with Crippen LogP contribution in [0.3, 0.4) is 0 Å². The van der Waals surface area contributed by atoms with Crippen molar-refractivity contribution in [1.82, 2.24) is 0 Å². The molecule has 0 fully saturated rings. The summed E-state index contributed by atoms with van der Waals surface area (Å²) in [5.41, 5.74) is 0. The third kappa shape index (κ3) is 55.2. The van der Waals surface area contributed by atoms with Gasteiger partial charge in [0, 0.05) is 19.3 Å². The van der Waals surface area contributed by atoms with Crippen LogP contribution in [-0.2, 0) is 28.6 Å². The lowest BCUT2D eigenvalue weighted by atomic mass is 10.0. The number of esters is 3. The van der Waals surface area contributed by atoms with Gasteiger partial charge in [-0.3, -0.25) is 14.4 Å². The quantitative estimate of drug-likeness (QED) is 0.0343. The number of ether oxygens (including phenoxy) is 3. The van der Waals surface area contributed by atoms with Gasteiger partial charge < -0.3 is 14.2 Å². The minimum absolute atomic E-state index is 0.0607. The molecule has 67 heavy (non-hydrogen) atoms. The Morgan fingerprint density at radius 3 is 0.597 bits per heavy atom. The van der Waals surface area contributed by atoms with Crippen molar-refractivity contribution in [1.29, 1.82) is 0 Å². The Kier molecular flexibility index (Phi) is 55.6. The molecule has 0 heterocycles. The van der Waals surface area contributed by atoms with Crippen LogP contribution in [0.4, 0.5) is 0 Å². The number of hydrogen-bond donors (Lipinski definition) is 0. The lowest BCUT2D eigenvalue weighted by Gasteiger charge is -2.18. The summed E-state index contributed by atoms with van der Waals surface area (Å²) in [6.07, 6.45) is 63.8. The molecule has 0 amide bonds. The second-order valence-corrected chi connectivity index (χ2v) is 21.0. The number of carbonyl (C=O) groups is 3. The normalized spacial score (nSPS) is 11.9. The Morgan fingerprint density at radius 1 is 0.239 bits per heavy atom. The molecule has 0 N–H and O–H groups in total. The summed E-state index contributed by atoms with van der Waals surface area (Å²) < 4.78 is 16.9. The summed E-state index contributed by atoms with van der Waals surface area (Å²) >= 11 is 0. The minimum Gasteiger partial charge on any atom is -0.462 e. The van der Waals surface area contributed by atoms with E-state index in [0.717, 1.165) is 57.8 Å². The summed E-state index contributed by atoms with van der Waals surface area (Å²) in [6.45, 7) is 6.72. The van der Waals surface area contributed by atoms with Gasteiger partial charge in [-0.15, -0.1) is 0 Å². The lowest BCUT2D eigenvalue weighted by Crippen LogP contribution is -2.30. The molecule has 0 unspecified atom stereocenters. The molecule has 0 saturated heterocycles. The van der Waals surface area contributed by atoms with Crippen molar-refractivity contribution in [3.63, 3.8) is 0 Å². The van der Waals surface area contributed by atoms with Crippen LogP contribution in [-0.4, -0.2) is 37.2 Å². The van der Waals surface area contributed by atoms with Crippen LogP contribution in [0.2, 0.25) is 0 Å². The molecule has 1 atom stereocenters. The molecule has 0 aromatic rings. The number of unbranched alkanes of at least 4 members (excludes halogenated alkanes) is 46. The molecule has 0 bridgehead atoms. The molecule has 0 spiro atoms. The molecular weight excluding hydrogens is 829 g/mol. The third-order valence-corrected chi connectivity index (χ3v) is 14.1. The SMILES string of the molecule is CCCCCCCCCCCCCCCCCCCC(=O)OC[C@@H](COC(=O)CCCCCCCCCCCCCCCCC)OC(=O)CCCCCCCCCCCCCCCCCCC. The predicted molar refractivity (Wildman–Crippen MR) is 289 cm³/mol. The Bertz CT molecular complexity index is 998. The highest BCUT2D eigenvalue weighted by Crippen LogP contribution is 2.18. The molecule has 0 aliphatic heterocycles. The second kappa shape index (κ2) is 57.0. The maximum Gasteiger partial charge on any atom is 0.306 e. The van der Waals surface area contributed by atoms with Gasteiger partial charge in [0.2, 0.25) is 0 Å². The number of rotatable bonds is 57. The van der Waals surface area contributed by atoms with E-state index in [4.69, 9.17) is 14.2 Å². The highest BCUT2D eigenvalue weighted by Gasteiger charge is 2.19. The first-order valence-corrected chi connectivity index (χ1v) is 30.5. The van der Waals surface area contributed by atoms with Gasteiger partial charge in [-0.2, -0.15) is 0 Å². The largest absolute Gasteiger partial charge is 0.462 e. The van der Waals surface area contributed by atoms with Gasteiger partial charge in [0.1, 0.15) is 13.2 Å². The topological polar surface area (TPSA) is 78.9 Å². The lowest BCUT2D eigenvalue weighted by molar-refractivity contribution is -0.167. The summed E-state index contributed by atoms with van der Waals surface area (Å²) in [4.78, 5) is 38.2. The van der Waals surface area contributed by atoms with Gasteiger partial charge >= 0.3 is 17.9 Å². The van der Waals surface area contributed by atoms with E-state index in [1.54, 1.807) is 0 Å². The van der Waals surface area contributed by atoms with Crippen molar-refractivity contribution in [2.24, 2.45) is 0 Å². The van der Waals surface area contributed by atoms with Crippen molar-refractivity contribution in [3.05, 3.63) is 0 Å². The first-order valence-electron chi connectivity index (χ1n) is 30.5. The van der Waals surface area contributed by atoms with E-state index in [1.807, 2.05) is 0 Å². The zero-order chi connectivity index (χ0) is 48.6. The maximum atomic E-state index is 12.9.